The van der Waals surface area contributed by atoms with Crippen LogP contribution in [0.25, 0.3) is 0 Å². The first kappa shape index (κ1) is 27.3. The van der Waals surface area contributed by atoms with Crippen LogP contribution in [0.2, 0.25) is 0 Å². The molecular weight excluding hydrogens is 440 g/mol. The van der Waals surface area contributed by atoms with Gasteiger partial charge in [-0.15, -0.1) is 0 Å². The number of nitrogens with zero attached hydrogens (tertiary/aromatic N) is 1. The molecule has 10 nitrogen and oxygen atoms in total. The molecule has 5 atom stereocenters. The molecule has 34 heavy (non-hydrogen) atoms. The van der Waals surface area contributed by atoms with Crippen molar-refractivity contribution in [1.82, 2.24) is 15.5 Å². The van der Waals surface area contributed by atoms with E-state index in [1.165, 1.54) is 11.8 Å². The third-order valence-corrected chi connectivity index (χ3v) is 5.88. The summed E-state index contributed by atoms with van der Waals surface area (Å²) in [4.78, 5) is 51.9. The normalized spacial score (nSPS) is 19.2. The summed E-state index contributed by atoms with van der Waals surface area (Å²) in [5.74, 6) is -2.71. The molecule has 1 aromatic carbocycles. The molecule has 0 bridgehead atoms. The smallest absolute Gasteiger partial charge is 0.326 e. The number of amides is 3. The highest BCUT2D eigenvalue weighted by molar-refractivity contribution is 5.94. The van der Waals surface area contributed by atoms with E-state index in [0.717, 1.165) is 5.56 Å². The van der Waals surface area contributed by atoms with E-state index in [9.17, 15) is 29.4 Å². The van der Waals surface area contributed by atoms with E-state index in [2.05, 4.69) is 10.6 Å². The van der Waals surface area contributed by atoms with Crippen LogP contribution in [-0.4, -0.2) is 75.6 Å². The second kappa shape index (κ2) is 12.5. The molecule has 188 valence electrons. The number of nitrogens with two attached hydrogens (primary N) is 1. The molecule has 5 unspecified atom stereocenters. The highest BCUT2D eigenvalue weighted by Crippen LogP contribution is 2.21. The Labute approximate surface area is 199 Å². The second-order valence-corrected chi connectivity index (χ2v) is 9.24. The van der Waals surface area contributed by atoms with Gasteiger partial charge < -0.3 is 31.5 Å². The summed E-state index contributed by atoms with van der Waals surface area (Å²) in [5.41, 5.74) is 6.48. The van der Waals surface area contributed by atoms with Gasteiger partial charge in [0.2, 0.25) is 17.7 Å². The molecule has 1 fully saturated rings. The fourth-order valence-electron chi connectivity index (χ4n) is 4.00. The Morgan fingerprint density at radius 3 is 2.29 bits per heavy atom. The van der Waals surface area contributed by atoms with Gasteiger partial charge in [-0.1, -0.05) is 44.2 Å². The van der Waals surface area contributed by atoms with Gasteiger partial charge in [0.15, 0.2) is 0 Å². The maximum Gasteiger partial charge on any atom is 0.326 e. The fraction of sp³-hybridized carbons (Fsp3) is 0.583. The maximum absolute atomic E-state index is 13.3. The van der Waals surface area contributed by atoms with Crippen molar-refractivity contribution in [3.05, 3.63) is 35.9 Å². The molecular formula is C24H36N4O6. The third kappa shape index (κ3) is 7.53. The van der Waals surface area contributed by atoms with E-state index in [1.807, 2.05) is 19.9 Å². The molecule has 0 radical (unpaired) electrons. The van der Waals surface area contributed by atoms with Gasteiger partial charge in [0.25, 0.3) is 0 Å². The molecule has 1 aliphatic heterocycles. The average Bonchev–Trinajstić information content (AvgIpc) is 3.27. The van der Waals surface area contributed by atoms with Crippen LogP contribution in [0, 0.1) is 5.92 Å². The van der Waals surface area contributed by atoms with Crippen LogP contribution in [0.3, 0.4) is 0 Å². The number of rotatable bonds is 11. The molecule has 0 aromatic heterocycles. The molecule has 1 heterocycles. The van der Waals surface area contributed by atoms with Crippen LogP contribution in [0.5, 0.6) is 0 Å². The van der Waals surface area contributed by atoms with E-state index in [-0.39, 0.29) is 12.3 Å². The Bertz CT molecular complexity index is 860. The lowest BCUT2D eigenvalue weighted by Crippen LogP contribution is -2.58. The van der Waals surface area contributed by atoms with Gasteiger partial charge in [-0.25, -0.2) is 4.79 Å². The van der Waals surface area contributed by atoms with Crippen molar-refractivity contribution < 1.29 is 29.4 Å². The van der Waals surface area contributed by atoms with Crippen LogP contribution in [0.15, 0.2) is 30.3 Å². The van der Waals surface area contributed by atoms with Crippen LogP contribution in [0.1, 0.15) is 45.6 Å². The van der Waals surface area contributed by atoms with Crippen LogP contribution in [0.4, 0.5) is 0 Å². The van der Waals surface area contributed by atoms with Crippen LogP contribution >= 0.6 is 0 Å². The summed E-state index contributed by atoms with van der Waals surface area (Å²) in [5, 5.41) is 24.4. The Hall–Kier alpha value is -2.98. The van der Waals surface area contributed by atoms with Crippen LogP contribution in [-0.2, 0) is 25.6 Å². The standard InChI is InChI=1S/C24H36N4O6/c1-14(2)12-17(26-22(31)20(25)15(3)29)23(32)28-11-7-10-19(28)21(30)27-18(24(33)34)13-16-8-5-4-6-9-16/h4-6,8-9,14-15,17-20,29H,7,10-13,25H2,1-3H3,(H,26,31)(H,27,30)(H,33,34). The van der Waals surface area contributed by atoms with Gasteiger partial charge in [-0.2, -0.15) is 0 Å². The van der Waals surface area contributed by atoms with Crippen molar-refractivity contribution in [2.45, 2.75) is 76.7 Å². The number of benzene rings is 1. The maximum atomic E-state index is 13.3. The first-order valence-electron chi connectivity index (χ1n) is 11.6. The van der Waals surface area contributed by atoms with Crippen molar-refractivity contribution in [2.75, 3.05) is 6.54 Å². The predicted octanol–water partition coefficient (Wildman–Crippen LogP) is 0.0285. The monoisotopic (exact) mass is 476 g/mol. The molecule has 1 aliphatic rings. The van der Waals surface area contributed by atoms with Gasteiger partial charge in [-0.05, 0) is 37.7 Å². The number of aliphatic hydroxyl groups is 1. The van der Waals surface area contributed by atoms with E-state index in [1.54, 1.807) is 24.3 Å². The zero-order valence-corrected chi connectivity index (χ0v) is 19.9. The number of likely N-dealkylation sites (tertiary alicyclic amines) is 1. The Morgan fingerprint density at radius 1 is 1.09 bits per heavy atom. The van der Waals surface area contributed by atoms with Crippen molar-refractivity contribution in [3.8, 4) is 0 Å². The Balaban J connectivity index is 2.13. The van der Waals surface area contributed by atoms with Crippen molar-refractivity contribution in [2.24, 2.45) is 11.7 Å². The molecule has 0 saturated carbocycles. The van der Waals surface area contributed by atoms with Crippen LogP contribution < -0.4 is 16.4 Å². The third-order valence-electron chi connectivity index (χ3n) is 5.88. The first-order chi connectivity index (χ1) is 16.0. The summed E-state index contributed by atoms with van der Waals surface area (Å²) >= 11 is 0. The van der Waals surface area contributed by atoms with E-state index in [0.29, 0.717) is 25.8 Å². The molecule has 2 rings (SSSR count). The number of hydrogen-bond acceptors (Lipinski definition) is 6. The molecule has 6 N–H and O–H groups in total. The first-order valence-corrected chi connectivity index (χ1v) is 11.6. The minimum absolute atomic E-state index is 0.0640. The summed E-state index contributed by atoms with van der Waals surface area (Å²) in [6, 6.07) is 4.90. The Kier molecular flexibility index (Phi) is 10.0. The number of nitrogens with one attached hydrogen (secondary N) is 2. The van der Waals surface area contributed by atoms with E-state index in [4.69, 9.17) is 5.73 Å². The highest BCUT2D eigenvalue weighted by atomic mass is 16.4. The lowest BCUT2D eigenvalue weighted by Gasteiger charge is -2.31. The predicted molar refractivity (Wildman–Crippen MR) is 125 cm³/mol. The van der Waals surface area contributed by atoms with Gasteiger partial charge in [-0.3, -0.25) is 14.4 Å². The highest BCUT2D eigenvalue weighted by Gasteiger charge is 2.39. The molecule has 0 aliphatic carbocycles. The molecule has 1 saturated heterocycles. The van der Waals surface area contributed by atoms with Gasteiger partial charge >= 0.3 is 5.97 Å². The number of aliphatic hydroxyl groups excluding tert-OH is 1. The van der Waals surface area contributed by atoms with Gasteiger partial charge in [0.05, 0.1) is 6.10 Å². The fourth-order valence-corrected chi connectivity index (χ4v) is 4.00. The summed E-state index contributed by atoms with van der Waals surface area (Å²) in [7, 11) is 0. The Morgan fingerprint density at radius 2 is 1.74 bits per heavy atom. The number of carboxylic acids is 1. The summed E-state index contributed by atoms with van der Waals surface area (Å²) in [6.45, 7) is 5.51. The second-order valence-electron chi connectivity index (χ2n) is 9.24. The lowest BCUT2D eigenvalue weighted by atomic mass is 10.0. The molecule has 3 amide bonds. The number of aliphatic carboxylic acids is 1. The SMILES string of the molecule is CC(C)CC(NC(=O)C(N)C(C)O)C(=O)N1CCCC1C(=O)NC(Cc1ccccc1)C(=O)O. The minimum atomic E-state index is -1.19. The molecule has 10 heteroatoms. The van der Waals surface area contributed by atoms with E-state index >= 15 is 0 Å². The number of hydrogen-bond donors (Lipinski definition) is 5. The minimum Gasteiger partial charge on any atom is -0.480 e. The summed E-state index contributed by atoms with van der Waals surface area (Å²) < 4.78 is 0. The van der Waals surface area contributed by atoms with E-state index < -0.39 is 54.0 Å². The number of carbonyl (C=O) groups is 4. The zero-order valence-electron chi connectivity index (χ0n) is 19.9. The largest absolute Gasteiger partial charge is 0.480 e. The number of carboxylic acid groups (broad SMARTS) is 1. The van der Waals surface area contributed by atoms with Gasteiger partial charge in [0.1, 0.15) is 24.2 Å². The quantitative estimate of drug-likeness (QED) is 0.301. The van der Waals surface area contributed by atoms with Crippen molar-refractivity contribution >= 4 is 23.7 Å². The van der Waals surface area contributed by atoms with Gasteiger partial charge in [0, 0.05) is 13.0 Å². The molecule has 1 aromatic rings. The zero-order chi connectivity index (χ0) is 25.4. The molecule has 0 spiro atoms. The van der Waals surface area contributed by atoms with Crippen molar-refractivity contribution in [1.29, 1.82) is 0 Å². The number of carbonyl (C=O) groups excluding carboxylic acids is 3. The average molecular weight is 477 g/mol. The van der Waals surface area contributed by atoms with Crippen molar-refractivity contribution in [3.63, 3.8) is 0 Å². The lowest BCUT2D eigenvalue weighted by molar-refractivity contribution is -0.145. The topological polar surface area (TPSA) is 162 Å². The summed E-state index contributed by atoms with van der Waals surface area (Å²) in [6.07, 6.45) is 0.331.